The van der Waals surface area contributed by atoms with Crippen molar-refractivity contribution in [2.45, 2.75) is 24.0 Å². The van der Waals surface area contributed by atoms with Crippen molar-refractivity contribution in [3.63, 3.8) is 0 Å². The standard InChI is InChI=1S/C12H15NO3/c1-16-8-2-3-10-9(6-8)12(15)5-4-11(12,14)7-13-10/h2-3,6,13-15H,4-5,7H2,1H3. The summed E-state index contributed by atoms with van der Waals surface area (Å²) in [6.07, 6.45) is 1.23. The summed E-state index contributed by atoms with van der Waals surface area (Å²) in [4.78, 5) is 0. The van der Waals surface area contributed by atoms with Gasteiger partial charge in [-0.1, -0.05) is 0 Å². The SMILES string of the molecule is COc1ccc2c(c1)C1(O)CCC1(O)CN2. The second-order valence-electron chi connectivity index (χ2n) is 4.66. The molecule has 2 aliphatic rings. The highest BCUT2D eigenvalue weighted by molar-refractivity contribution is 5.61. The minimum atomic E-state index is -1.11. The van der Waals surface area contributed by atoms with Gasteiger partial charge >= 0.3 is 0 Å². The van der Waals surface area contributed by atoms with Crippen LogP contribution in [0.4, 0.5) is 5.69 Å². The van der Waals surface area contributed by atoms with Crippen molar-refractivity contribution < 1.29 is 14.9 Å². The van der Waals surface area contributed by atoms with Gasteiger partial charge in [-0.15, -0.1) is 0 Å². The first-order chi connectivity index (χ1) is 7.59. The van der Waals surface area contributed by atoms with Crippen molar-refractivity contribution in [2.24, 2.45) is 0 Å². The summed E-state index contributed by atoms with van der Waals surface area (Å²) in [6, 6.07) is 5.52. The molecule has 86 valence electrons. The van der Waals surface area contributed by atoms with Gasteiger partial charge in [-0.25, -0.2) is 0 Å². The average Bonchev–Trinajstić information content (AvgIpc) is 2.32. The second-order valence-corrected chi connectivity index (χ2v) is 4.66. The molecule has 16 heavy (non-hydrogen) atoms. The number of hydrogen-bond acceptors (Lipinski definition) is 4. The summed E-state index contributed by atoms with van der Waals surface area (Å²) in [6.45, 7) is 0.406. The second kappa shape index (κ2) is 2.90. The lowest BCUT2D eigenvalue weighted by atomic mass is 9.60. The van der Waals surface area contributed by atoms with E-state index in [1.807, 2.05) is 12.1 Å². The first-order valence-electron chi connectivity index (χ1n) is 5.46. The third-order valence-corrected chi connectivity index (χ3v) is 3.91. The molecule has 1 aliphatic carbocycles. The Bertz CT molecular complexity index is 448. The van der Waals surface area contributed by atoms with E-state index in [9.17, 15) is 10.2 Å². The molecular weight excluding hydrogens is 206 g/mol. The number of β-amino-alcohol motifs (C(OH)–C–C–N with tert-alkyl or cyclic N) is 1. The fourth-order valence-corrected chi connectivity index (χ4v) is 2.66. The van der Waals surface area contributed by atoms with Gasteiger partial charge in [0.2, 0.25) is 0 Å². The van der Waals surface area contributed by atoms with Crippen molar-refractivity contribution >= 4 is 5.69 Å². The number of ether oxygens (including phenoxy) is 1. The summed E-state index contributed by atoms with van der Waals surface area (Å²) in [5.74, 6) is 0.699. The van der Waals surface area contributed by atoms with E-state index >= 15 is 0 Å². The van der Waals surface area contributed by atoms with E-state index in [1.165, 1.54) is 0 Å². The first-order valence-corrected chi connectivity index (χ1v) is 5.46. The van der Waals surface area contributed by atoms with E-state index in [2.05, 4.69) is 5.32 Å². The summed E-state index contributed by atoms with van der Waals surface area (Å²) in [5.41, 5.74) is -0.506. The first kappa shape index (κ1) is 9.93. The van der Waals surface area contributed by atoms with Crippen molar-refractivity contribution in [1.29, 1.82) is 0 Å². The largest absolute Gasteiger partial charge is 0.497 e. The van der Waals surface area contributed by atoms with Gasteiger partial charge in [-0.2, -0.15) is 0 Å². The van der Waals surface area contributed by atoms with E-state index in [-0.39, 0.29) is 0 Å². The van der Waals surface area contributed by atoms with Gasteiger partial charge in [0, 0.05) is 17.8 Å². The molecule has 0 saturated heterocycles. The maximum atomic E-state index is 10.5. The van der Waals surface area contributed by atoms with Gasteiger partial charge in [0.1, 0.15) is 17.0 Å². The molecule has 0 bridgehead atoms. The van der Waals surface area contributed by atoms with Gasteiger partial charge < -0.3 is 20.3 Å². The molecule has 0 aromatic heterocycles. The number of anilines is 1. The van der Waals surface area contributed by atoms with Crippen LogP contribution in [0.25, 0.3) is 0 Å². The summed E-state index contributed by atoms with van der Waals surface area (Å²) in [5, 5.41) is 23.9. The highest BCUT2D eigenvalue weighted by Gasteiger charge is 2.61. The van der Waals surface area contributed by atoms with Gasteiger partial charge in [-0.05, 0) is 31.0 Å². The smallest absolute Gasteiger partial charge is 0.122 e. The van der Waals surface area contributed by atoms with E-state index in [0.29, 0.717) is 25.1 Å². The van der Waals surface area contributed by atoms with Crippen LogP contribution < -0.4 is 10.1 Å². The molecule has 0 radical (unpaired) electrons. The molecule has 0 amide bonds. The van der Waals surface area contributed by atoms with E-state index in [1.54, 1.807) is 13.2 Å². The monoisotopic (exact) mass is 221 g/mol. The molecule has 1 fully saturated rings. The Morgan fingerprint density at radius 2 is 2.12 bits per heavy atom. The average molecular weight is 221 g/mol. The zero-order valence-corrected chi connectivity index (χ0v) is 9.16. The van der Waals surface area contributed by atoms with E-state index in [4.69, 9.17) is 4.74 Å². The summed E-state index contributed by atoms with van der Waals surface area (Å²) in [7, 11) is 1.59. The molecule has 0 spiro atoms. The fourth-order valence-electron chi connectivity index (χ4n) is 2.66. The molecule has 4 nitrogen and oxygen atoms in total. The van der Waals surface area contributed by atoms with Gasteiger partial charge in [0.15, 0.2) is 0 Å². The van der Waals surface area contributed by atoms with Crippen LogP contribution in [0.2, 0.25) is 0 Å². The van der Waals surface area contributed by atoms with Crippen LogP contribution in [0.3, 0.4) is 0 Å². The molecule has 1 aromatic carbocycles. The quantitative estimate of drug-likeness (QED) is 0.657. The van der Waals surface area contributed by atoms with Crippen LogP contribution in [-0.2, 0) is 5.60 Å². The van der Waals surface area contributed by atoms with Crippen molar-refractivity contribution in [3.05, 3.63) is 23.8 Å². The summed E-state index contributed by atoms with van der Waals surface area (Å²) < 4.78 is 5.15. The predicted octanol–water partition coefficient (Wildman–Crippen LogP) is 0.833. The maximum absolute atomic E-state index is 10.5. The normalized spacial score (nSPS) is 35.4. The highest BCUT2D eigenvalue weighted by Crippen LogP contribution is 2.54. The Labute approximate surface area is 93.9 Å². The Morgan fingerprint density at radius 1 is 1.31 bits per heavy atom. The predicted molar refractivity (Wildman–Crippen MR) is 59.6 cm³/mol. The Balaban J connectivity index is 2.14. The van der Waals surface area contributed by atoms with Crippen LogP contribution in [0.15, 0.2) is 18.2 Å². The van der Waals surface area contributed by atoms with Crippen LogP contribution in [0.5, 0.6) is 5.75 Å². The molecule has 4 heteroatoms. The lowest BCUT2D eigenvalue weighted by Crippen LogP contribution is -2.66. The van der Waals surface area contributed by atoms with Crippen LogP contribution in [0.1, 0.15) is 18.4 Å². The van der Waals surface area contributed by atoms with Crippen LogP contribution in [-0.4, -0.2) is 29.5 Å². The van der Waals surface area contributed by atoms with Crippen molar-refractivity contribution in [1.82, 2.24) is 0 Å². The molecule has 1 heterocycles. The third kappa shape index (κ3) is 1.01. The van der Waals surface area contributed by atoms with E-state index < -0.39 is 11.2 Å². The van der Waals surface area contributed by atoms with Crippen LogP contribution in [0, 0.1) is 0 Å². The van der Waals surface area contributed by atoms with Gasteiger partial charge in [-0.3, -0.25) is 0 Å². The number of methoxy groups -OCH3 is 1. The molecule has 1 aromatic rings. The number of benzene rings is 1. The number of fused-ring (bicyclic) bond motifs is 3. The number of rotatable bonds is 1. The fraction of sp³-hybridized carbons (Fsp3) is 0.500. The van der Waals surface area contributed by atoms with Crippen LogP contribution >= 0.6 is 0 Å². The van der Waals surface area contributed by atoms with Crippen molar-refractivity contribution in [3.8, 4) is 5.75 Å². The molecule has 2 unspecified atom stereocenters. The minimum absolute atomic E-state index is 0.406. The molecule has 1 aliphatic heterocycles. The number of aliphatic hydroxyl groups is 2. The molecule has 1 saturated carbocycles. The number of hydrogen-bond donors (Lipinski definition) is 3. The van der Waals surface area contributed by atoms with Crippen molar-refractivity contribution in [2.75, 3.05) is 19.0 Å². The van der Waals surface area contributed by atoms with Gasteiger partial charge in [0.05, 0.1) is 7.11 Å². The van der Waals surface area contributed by atoms with E-state index in [0.717, 1.165) is 11.3 Å². The molecule has 2 atom stereocenters. The maximum Gasteiger partial charge on any atom is 0.122 e. The zero-order chi connectivity index (χ0) is 11.4. The third-order valence-electron chi connectivity index (χ3n) is 3.91. The molecular formula is C12H15NO3. The topological polar surface area (TPSA) is 61.7 Å². The summed E-state index contributed by atoms with van der Waals surface area (Å²) >= 11 is 0. The lowest BCUT2D eigenvalue weighted by Gasteiger charge is -2.56. The molecule has 3 N–H and O–H groups in total. The highest BCUT2D eigenvalue weighted by atomic mass is 16.5. The zero-order valence-electron chi connectivity index (χ0n) is 9.16. The Kier molecular flexibility index (Phi) is 1.80. The van der Waals surface area contributed by atoms with Gasteiger partial charge in [0.25, 0.3) is 0 Å². The minimum Gasteiger partial charge on any atom is -0.497 e. The Hall–Kier alpha value is -1.26. The molecule has 3 rings (SSSR count). The lowest BCUT2D eigenvalue weighted by molar-refractivity contribution is -0.224. The Morgan fingerprint density at radius 3 is 2.75 bits per heavy atom. The number of nitrogens with one attached hydrogen (secondary N) is 1.